The first-order valence-electron chi connectivity index (χ1n) is 6.91. The van der Waals surface area contributed by atoms with Crippen molar-refractivity contribution in [3.05, 3.63) is 10.6 Å². The molecule has 118 valence electrons. The summed E-state index contributed by atoms with van der Waals surface area (Å²) in [5.74, 6) is -0.429. The number of ether oxygens (including phenoxy) is 1. The number of hydrogen-bond donors (Lipinski definition) is 1. The zero-order valence-corrected chi connectivity index (χ0v) is 14.0. The number of hydrogen-bond acceptors (Lipinski definition) is 5. The van der Waals surface area contributed by atoms with Gasteiger partial charge in [0.1, 0.15) is 13.2 Å². The number of carbonyl (C=O) groups excluding carboxylic acids is 2. The fraction of sp³-hybridized carbons (Fsp3) is 0.643. The molecule has 1 N–H and O–H groups in total. The Labute approximate surface area is 129 Å². The maximum atomic E-state index is 12.1. The van der Waals surface area contributed by atoms with Crippen LogP contribution < -0.4 is 5.32 Å². The number of methoxy groups -OCH3 is 1. The van der Waals surface area contributed by atoms with Gasteiger partial charge >= 0.3 is 0 Å². The van der Waals surface area contributed by atoms with Crippen LogP contribution in [0.25, 0.3) is 0 Å². The topological polar surface area (TPSA) is 71.5 Å². The van der Waals surface area contributed by atoms with Gasteiger partial charge < -0.3 is 15.0 Å². The second kappa shape index (κ2) is 8.09. The summed E-state index contributed by atoms with van der Waals surface area (Å²) >= 11 is 1.43. The lowest BCUT2D eigenvalue weighted by Crippen LogP contribution is -2.44. The molecule has 21 heavy (non-hydrogen) atoms. The summed E-state index contributed by atoms with van der Waals surface area (Å²) in [4.78, 5) is 31.0. The number of rotatable bonds is 7. The van der Waals surface area contributed by atoms with Crippen molar-refractivity contribution in [2.75, 3.05) is 25.6 Å². The molecular formula is C14H23N3O3S. The largest absolute Gasteiger partial charge is 0.375 e. The van der Waals surface area contributed by atoms with E-state index in [-0.39, 0.29) is 31.0 Å². The molecule has 1 atom stereocenters. The minimum Gasteiger partial charge on any atom is -0.375 e. The van der Waals surface area contributed by atoms with Crippen molar-refractivity contribution < 1.29 is 14.3 Å². The van der Waals surface area contributed by atoms with Gasteiger partial charge in [-0.1, -0.05) is 6.92 Å². The van der Waals surface area contributed by atoms with Crippen molar-refractivity contribution in [1.29, 1.82) is 0 Å². The molecule has 1 aromatic rings. The average molecular weight is 313 g/mol. The van der Waals surface area contributed by atoms with Crippen LogP contribution >= 0.6 is 11.3 Å². The summed E-state index contributed by atoms with van der Waals surface area (Å²) < 4.78 is 4.86. The number of anilines is 1. The standard InChI is InChI=1S/C14H23N3O3S/c1-6-9(2)17(13(19)8-20-5)7-12(18)16-14-15-10(3)11(4)21-14/h9H,6-8H2,1-5H3,(H,15,16,18). The molecule has 0 radical (unpaired) electrons. The molecule has 0 fully saturated rings. The monoisotopic (exact) mass is 313 g/mol. The van der Waals surface area contributed by atoms with E-state index in [1.807, 2.05) is 27.7 Å². The van der Waals surface area contributed by atoms with Crippen molar-refractivity contribution in [2.45, 2.75) is 40.2 Å². The number of carbonyl (C=O) groups is 2. The first-order valence-corrected chi connectivity index (χ1v) is 7.72. The molecule has 1 aromatic heterocycles. The van der Waals surface area contributed by atoms with Gasteiger partial charge in [-0.15, -0.1) is 11.3 Å². The lowest BCUT2D eigenvalue weighted by Gasteiger charge is -2.27. The molecule has 0 aliphatic carbocycles. The van der Waals surface area contributed by atoms with Crippen LogP contribution in [-0.2, 0) is 14.3 Å². The zero-order valence-electron chi connectivity index (χ0n) is 13.2. The van der Waals surface area contributed by atoms with Gasteiger partial charge in [-0.3, -0.25) is 9.59 Å². The predicted octanol–water partition coefficient (Wildman–Crippen LogP) is 1.97. The maximum absolute atomic E-state index is 12.1. The molecule has 0 bridgehead atoms. The van der Waals surface area contributed by atoms with E-state index in [2.05, 4.69) is 10.3 Å². The predicted molar refractivity (Wildman–Crippen MR) is 83.6 cm³/mol. The van der Waals surface area contributed by atoms with Gasteiger partial charge in [0.2, 0.25) is 11.8 Å². The third kappa shape index (κ3) is 5.09. The summed E-state index contributed by atoms with van der Waals surface area (Å²) in [6.45, 7) is 7.73. The van der Waals surface area contributed by atoms with E-state index in [0.29, 0.717) is 5.13 Å². The van der Waals surface area contributed by atoms with Crippen LogP contribution in [0.5, 0.6) is 0 Å². The Morgan fingerprint density at radius 2 is 2.10 bits per heavy atom. The number of nitrogens with zero attached hydrogens (tertiary/aromatic N) is 2. The smallest absolute Gasteiger partial charge is 0.249 e. The molecule has 0 spiro atoms. The highest BCUT2D eigenvalue weighted by molar-refractivity contribution is 7.15. The van der Waals surface area contributed by atoms with E-state index >= 15 is 0 Å². The summed E-state index contributed by atoms with van der Waals surface area (Å²) in [5, 5.41) is 3.31. The molecule has 2 amide bonds. The lowest BCUT2D eigenvalue weighted by atomic mass is 10.2. The molecule has 7 heteroatoms. The minimum atomic E-state index is -0.242. The van der Waals surface area contributed by atoms with Crippen LogP contribution in [0.15, 0.2) is 0 Å². The molecule has 0 saturated carbocycles. The van der Waals surface area contributed by atoms with Gasteiger partial charge in [-0.05, 0) is 27.2 Å². The second-order valence-corrected chi connectivity index (χ2v) is 6.12. The molecule has 0 aliphatic rings. The van der Waals surface area contributed by atoms with E-state index in [1.165, 1.54) is 23.3 Å². The highest BCUT2D eigenvalue weighted by Gasteiger charge is 2.22. The van der Waals surface area contributed by atoms with Gasteiger partial charge in [0, 0.05) is 18.0 Å². The Kier molecular flexibility index (Phi) is 6.77. The van der Waals surface area contributed by atoms with Crippen molar-refractivity contribution in [3.8, 4) is 0 Å². The highest BCUT2D eigenvalue weighted by atomic mass is 32.1. The van der Waals surface area contributed by atoms with E-state index in [4.69, 9.17) is 4.74 Å². The number of aryl methyl sites for hydroxylation is 2. The third-order valence-corrected chi connectivity index (χ3v) is 4.29. The van der Waals surface area contributed by atoms with Crippen molar-refractivity contribution in [3.63, 3.8) is 0 Å². The van der Waals surface area contributed by atoms with Crippen LogP contribution in [0.4, 0.5) is 5.13 Å². The molecule has 6 nitrogen and oxygen atoms in total. The van der Waals surface area contributed by atoms with Crippen molar-refractivity contribution in [2.24, 2.45) is 0 Å². The quantitative estimate of drug-likeness (QED) is 0.835. The molecule has 1 rings (SSSR count). The molecule has 0 aliphatic heterocycles. The minimum absolute atomic E-state index is 0.00880. The third-order valence-electron chi connectivity index (χ3n) is 3.30. The van der Waals surface area contributed by atoms with Crippen LogP contribution in [0.3, 0.4) is 0 Å². The molecule has 0 saturated heterocycles. The number of amides is 2. The Morgan fingerprint density at radius 3 is 2.57 bits per heavy atom. The maximum Gasteiger partial charge on any atom is 0.249 e. The fourth-order valence-corrected chi connectivity index (χ4v) is 2.59. The van der Waals surface area contributed by atoms with Gasteiger partial charge in [0.15, 0.2) is 5.13 Å². The van der Waals surface area contributed by atoms with Crippen LogP contribution in [-0.4, -0.2) is 48.0 Å². The lowest BCUT2D eigenvalue weighted by molar-refractivity contribution is -0.140. The number of nitrogens with one attached hydrogen (secondary N) is 1. The highest BCUT2D eigenvalue weighted by Crippen LogP contribution is 2.21. The van der Waals surface area contributed by atoms with Crippen LogP contribution in [0.1, 0.15) is 30.8 Å². The second-order valence-electron chi connectivity index (χ2n) is 4.92. The zero-order chi connectivity index (χ0) is 16.0. The summed E-state index contributed by atoms with van der Waals surface area (Å²) in [5.41, 5.74) is 0.907. The molecular weight excluding hydrogens is 290 g/mol. The first kappa shape index (κ1) is 17.6. The Balaban J connectivity index is 2.69. The van der Waals surface area contributed by atoms with Gasteiger partial charge in [0.25, 0.3) is 0 Å². The van der Waals surface area contributed by atoms with E-state index in [1.54, 1.807) is 0 Å². The molecule has 1 unspecified atom stereocenters. The fourth-order valence-electron chi connectivity index (χ4n) is 1.76. The summed E-state index contributed by atoms with van der Waals surface area (Å²) in [7, 11) is 1.47. The van der Waals surface area contributed by atoms with Crippen LogP contribution in [0.2, 0.25) is 0 Å². The van der Waals surface area contributed by atoms with Crippen molar-refractivity contribution in [1.82, 2.24) is 9.88 Å². The Morgan fingerprint density at radius 1 is 1.43 bits per heavy atom. The molecule has 0 aromatic carbocycles. The Hall–Kier alpha value is -1.47. The Bertz CT molecular complexity index is 482. The summed E-state index contributed by atoms with van der Waals surface area (Å²) in [6, 6.07) is -0.0156. The normalized spacial score (nSPS) is 12.0. The SMILES string of the molecule is CCC(C)N(CC(=O)Nc1nc(C)c(C)s1)C(=O)COC. The van der Waals surface area contributed by atoms with Crippen LogP contribution in [0, 0.1) is 13.8 Å². The van der Waals surface area contributed by atoms with E-state index < -0.39 is 0 Å². The van der Waals surface area contributed by atoms with E-state index in [0.717, 1.165) is 17.0 Å². The average Bonchev–Trinajstić information content (AvgIpc) is 2.73. The summed E-state index contributed by atoms with van der Waals surface area (Å²) in [6.07, 6.45) is 0.776. The first-order chi connectivity index (χ1) is 9.88. The molecule has 1 heterocycles. The van der Waals surface area contributed by atoms with Gasteiger partial charge in [0.05, 0.1) is 5.69 Å². The van der Waals surface area contributed by atoms with Crippen molar-refractivity contribution >= 4 is 28.3 Å². The number of thiazole rings is 1. The number of aromatic nitrogens is 1. The van der Waals surface area contributed by atoms with E-state index in [9.17, 15) is 9.59 Å². The van der Waals surface area contributed by atoms with Gasteiger partial charge in [-0.2, -0.15) is 0 Å². The van der Waals surface area contributed by atoms with Gasteiger partial charge in [-0.25, -0.2) is 4.98 Å².